The standard InChI is InChI=1S/C16H24N2OS/c1-3-10-18(14-8-9-17-11-14)16(19)12-20-15-7-5-4-6-13(15)2/h4-7,14,17H,3,8-12H2,1-2H3. The number of carbonyl (C=O) groups is 1. The monoisotopic (exact) mass is 292 g/mol. The van der Waals surface area contributed by atoms with Gasteiger partial charge in [-0.15, -0.1) is 11.8 Å². The molecule has 1 aromatic rings. The Kier molecular flexibility index (Phi) is 5.92. The van der Waals surface area contributed by atoms with Crippen LogP contribution in [0.25, 0.3) is 0 Å². The van der Waals surface area contributed by atoms with Crippen molar-refractivity contribution in [3.8, 4) is 0 Å². The third-order valence-corrected chi connectivity index (χ3v) is 4.87. The van der Waals surface area contributed by atoms with E-state index >= 15 is 0 Å². The van der Waals surface area contributed by atoms with Gasteiger partial charge in [-0.25, -0.2) is 0 Å². The molecule has 1 aliphatic heterocycles. The molecule has 1 N–H and O–H groups in total. The number of hydrogen-bond acceptors (Lipinski definition) is 3. The summed E-state index contributed by atoms with van der Waals surface area (Å²) in [6.45, 7) is 7.08. The summed E-state index contributed by atoms with van der Waals surface area (Å²) in [6, 6.07) is 8.64. The van der Waals surface area contributed by atoms with Crippen molar-refractivity contribution < 1.29 is 4.79 Å². The van der Waals surface area contributed by atoms with Gasteiger partial charge < -0.3 is 10.2 Å². The summed E-state index contributed by atoms with van der Waals surface area (Å²) >= 11 is 1.66. The van der Waals surface area contributed by atoms with E-state index in [1.165, 1.54) is 10.5 Å². The summed E-state index contributed by atoms with van der Waals surface area (Å²) < 4.78 is 0. The van der Waals surface area contributed by atoms with Crippen LogP contribution < -0.4 is 5.32 Å². The molecule has 0 bridgehead atoms. The number of nitrogens with one attached hydrogen (secondary N) is 1. The summed E-state index contributed by atoms with van der Waals surface area (Å²) in [5, 5.41) is 3.35. The minimum absolute atomic E-state index is 0.272. The second-order valence-electron chi connectivity index (χ2n) is 5.29. The van der Waals surface area contributed by atoms with E-state index in [0.717, 1.165) is 32.5 Å². The average Bonchev–Trinajstić information content (AvgIpc) is 2.97. The maximum atomic E-state index is 12.5. The van der Waals surface area contributed by atoms with E-state index in [-0.39, 0.29) is 5.91 Å². The molecule has 1 aromatic carbocycles. The van der Waals surface area contributed by atoms with Gasteiger partial charge in [0.25, 0.3) is 0 Å². The number of nitrogens with zero attached hydrogens (tertiary/aromatic N) is 1. The van der Waals surface area contributed by atoms with Crippen molar-refractivity contribution in [2.75, 3.05) is 25.4 Å². The fourth-order valence-electron chi connectivity index (χ4n) is 2.60. The molecular formula is C16H24N2OS. The minimum Gasteiger partial charge on any atom is -0.338 e. The summed E-state index contributed by atoms with van der Waals surface area (Å²) in [4.78, 5) is 15.8. The van der Waals surface area contributed by atoms with Crippen LogP contribution in [0.1, 0.15) is 25.3 Å². The Labute approximate surface area is 126 Å². The van der Waals surface area contributed by atoms with Crippen molar-refractivity contribution in [2.45, 2.75) is 37.6 Å². The molecule has 0 spiro atoms. The highest BCUT2D eigenvalue weighted by atomic mass is 32.2. The Morgan fingerprint density at radius 1 is 1.45 bits per heavy atom. The number of carbonyl (C=O) groups excluding carboxylic acids is 1. The van der Waals surface area contributed by atoms with Crippen LogP contribution in [0.5, 0.6) is 0 Å². The lowest BCUT2D eigenvalue weighted by Gasteiger charge is -2.28. The highest BCUT2D eigenvalue weighted by Crippen LogP contribution is 2.23. The molecule has 2 rings (SSSR count). The second-order valence-corrected chi connectivity index (χ2v) is 6.31. The van der Waals surface area contributed by atoms with Gasteiger partial charge >= 0.3 is 0 Å². The van der Waals surface area contributed by atoms with Crippen molar-refractivity contribution in [1.29, 1.82) is 0 Å². The first kappa shape index (κ1) is 15.4. The maximum Gasteiger partial charge on any atom is 0.233 e. The summed E-state index contributed by atoms with van der Waals surface area (Å²) in [5.74, 6) is 0.815. The average molecular weight is 292 g/mol. The third-order valence-electron chi connectivity index (χ3n) is 3.70. The Morgan fingerprint density at radius 3 is 2.90 bits per heavy atom. The van der Waals surface area contributed by atoms with E-state index in [1.54, 1.807) is 11.8 Å². The SMILES string of the molecule is CCCN(C(=O)CSc1ccccc1C)C1CCNC1. The fraction of sp³-hybridized carbons (Fsp3) is 0.562. The molecule has 0 aliphatic carbocycles. The van der Waals surface area contributed by atoms with Crippen LogP contribution in [0, 0.1) is 6.92 Å². The molecule has 1 heterocycles. The molecule has 20 heavy (non-hydrogen) atoms. The van der Waals surface area contributed by atoms with Crippen LogP contribution in [0.2, 0.25) is 0 Å². The smallest absolute Gasteiger partial charge is 0.233 e. The summed E-state index contributed by atoms with van der Waals surface area (Å²) in [7, 11) is 0. The third kappa shape index (κ3) is 4.00. The predicted molar refractivity (Wildman–Crippen MR) is 85.2 cm³/mol. The first-order valence-corrected chi connectivity index (χ1v) is 8.39. The minimum atomic E-state index is 0.272. The number of aryl methyl sites for hydroxylation is 1. The van der Waals surface area contributed by atoms with E-state index in [4.69, 9.17) is 0 Å². The van der Waals surface area contributed by atoms with Gasteiger partial charge in [0.1, 0.15) is 0 Å². The zero-order chi connectivity index (χ0) is 14.4. The van der Waals surface area contributed by atoms with Crippen LogP contribution in [0.4, 0.5) is 0 Å². The Balaban J connectivity index is 1.93. The molecule has 0 saturated carbocycles. The van der Waals surface area contributed by atoms with Crippen molar-refractivity contribution in [3.05, 3.63) is 29.8 Å². The fourth-order valence-corrected chi connectivity index (χ4v) is 3.51. The molecular weight excluding hydrogens is 268 g/mol. The second kappa shape index (κ2) is 7.70. The van der Waals surface area contributed by atoms with Crippen molar-refractivity contribution in [3.63, 3.8) is 0 Å². The molecule has 1 fully saturated rings. The van der Waals surface area contributed by atoms with Crippen LogP contribution in [-0.2, 0) is 4.79 Å². The summed E-state index contributed by atoms with van der Waals surface area (Å²) in [6.07, 6.45) is 2.11. The van der Waals surface area contributed by atoms with Gasteiger partial charge in [0.2, 0.25) is 5.91 Å². The van der Waals surface area contributed by atoms with Gasteiger partial charge in [0, 0.05) is 24.0 Å². The predicted octanol–water partition coefficient (Wildman–Crippen LogP) is 2.69. The Bertz CT molecular complexity index is 444. The number of amides is 1. The molecule has 1 saturated heterocycles. The normalized spacial score (nSPS) is 18.2. The van der Waals surface area contributed by atoms with Crippen molar-refractivity contribution in [1.82, 2.24) is 10.2 Å². The maximum absolute atomic E-state index is 12.5. The Hall–Kier alpha value is -1.00. The van der Waals surface area contributed by atoms with Gasteiger partial charge in [-0.05, 0) is 37.9 Å². The first-order chi connectivity index (χ1) is 9.72. The zero-order valence-corrected chi connectivity index (χ0v) is 13.2. The lowest BCUT2D eigenvalue weighted by Crippen LogP contribution is -2.43. The van der Waals surface area contributed by atoms with Gasteiger partial charge in [0.05, 0.1) is 5.75 Å². The number of benzene rings is 1. The van der Waals surface area contributed by atoms with Crippen molar-refractivity contribution >= 4 is 17.7 Å². The highest BCUT2D eigenvalue weighted by Gasteiger charge is 2.25. The molecule has 1 amide bonds. The van der Waals surface area contributed by atoms with E-state index in [2.05, 4.69) is 36.2 Å². The van der Waals surface area contributed by atoms with Crippen LogP contribution in [0.3, 0.4) is 0 Å². The highest BCUT2D eigenvalue weighted by molar-refractivity contribution is 8.00. The van der Waals surface area contributed by atoms with E-state index < -0.39 is 0 Å². The number of hydrogen-bond donors (Lipinski definition) is 1. The van der Waals surface area contributed by atoms with Gasteiger partial charge in [-0.3, -0.25) is 4.79 Å². The number of rotatable bonds is 6. The zero-order valence-electron chi connectivity index (χ0n) is 12.4. The van der Waals surface area contributed by atoms with Gasteiger partial charge in [-0.2, -0.15) is 0 Å². The molecule has 1 atom stereocenters. The van der Waals surface area contributed by atoms with Crippen LogP contribution in [-0.4, -0.2) is 42.2 Å². The lowest BCUT2D eigenvalue weighted by molar-refractivity contribution is -0.130. The molecule has 4 heteroatoms. The Morgan fingerprint density at radius 2 is 2.25 bits per heavy atom. The van der Waals surface area contributed by atoms with Crippen LogP contribution in [0.15, 0.2) is 29.2 Å². The molecule has 3 nitrogen and oxygen atoms in total. The molecule has 110 valence electrons. The molecule has 0 aromatic heterocycles. The molecule has 1 aliphatic rings. The van der Waals surface area contributed by atoms with Crippen molar-refractivity contribution in [2.24, 2.45) is 0 Å². The van der Waals surface area contributed by atoms with Gasteiger partial charge in [0.15, 0.2) is 0 Å². The first-order valence-electron chi connectivity index (χ1n) is 7.41. The quantitative estimate of drug-likeness (QED) is 0.818. The topological polar surface area (TPSA) is 32.3 Å². The van der Waals surface area contributed by atoms with E-state index in [9.17, 15) is 4.79 Å². The van der Waals surface area contributed by atoms with Gasteiger partial charge in [-0.1, -0.05) is 25.1 Å². The largest absolute Gasteiger partial charge is 0.338 e. The van der Waals surface area contributed by atoms with E-state index in [0.29, 0.717) is 11.8 Å². The van der Waals surface area contributed by atoms with Crippen LogP contribution >= 0.6 is 11.8 Å². The van der Waals surface area contributed by atoms with E-state index in [1.807, 2.05) is 12.1 Å². The summed E-state index contributed by atoms with van der Waals surface area (Å²) in [5.41, 5.74) is 1.25. The molecule has 0 radical (unpaired) electrons. The number of thioether (sulfide) groups is 1. The lowest BCUT2D eigenvalue weighted by atomic mass is 10.2. The molecule has 1 unspecified atom stereocenters.